The fourth-order valence-corrected chi connectivity index (χ4v) is 3.64. The highest BCUT2D eigenvalue weighted by Crippen LogP contribution is 2.30. The van der Waals surface area contributed by atoms with E-state index in [-0.39, 0.29) is 5.57 Å². The van der Waals surface area contributed by atoms with Gasteiger partial charge in [0.05, 0.1) is 7.11 Å². The van der Waals surface area contributed by atoms with Crippen LogP contribution >= 0.6 is 0 Å². The van der Waals surface area contributed by atoms with Gasteiger partial charge in [0.1, 0.15) is 17.4 Å². The molecule has 3 aromatic carbocycles. The Bertz CT molecular complexity index is 1290. The fraction of sp³-hybridized carbons (Fsp3) is 0.120. The van der Waals surface area contributed by atoms with Crippen LogP contribution in [-0.4, -0.2) is 24.5 Å². The average molecular weight is 395 g/mol. The van der Waals surface area contributed by atoms with Gasteiger partial charge in [0, 0.05) is 29.2 Å². The number of ether oxygens (including phenoxy) is 1. The minimum atomic E-state index is -0.396. The van der Waals surface area contributed by atoms with E-state index in [0.29, 0.717) is 18.7 Å². The van der Waals surface area contributed by atoms with Gasteiger partial charge in [-0.05, 0) is 41.0 Å². The molecule has 0 saturated heterocycles. The number of H-pyrrole nitrogens is 1. The average Bonchev–Trinajstić information content (AvgIpc) is 3.20. The predicted molar refractivity (Wildman–Crippen MR) is 119 cm³/mol. The molecule has 0 saturated carbocycles. The second-order valence-corrected chi connectivity index (χ2v) is 6.94. The van der Waals surface area contributed by atoms with Crippen LogP contribution in [0.15, 0.2) is 72.4 Å². The molecule has 0 fully saturated rings. The van der Waals surface area contributed by atoms with Crippen LogP contribution in [0.1, 0.15) is 11.1 Å². The minimum Gasteiger partial charge on any atom is -0.496 e. The molecule has 0 aliphatic rings. The molecule has 0 radical (unpaired) electrons. The summed E-state index contributed by atoms with van der Waals surface area (Å²) in [6.45, 7) is 0.437. The number of hydrogen-bond donors (Lipinski definition) is 2. The van der Waals surface area contributed by atoms with E-state index in [1.165, 1.54) is 0 Å². The highest BCUT2D eigenvalue weighted by Gasteiger charge is 2.13. The summed E-state index contributed by atoms with van der Waals surface area (Å²) < 4.78 is 5.46. The summed E-state index contributed by atoms with van der Waals surface area (Å²) in [5, 5.41) is 15.5. The van der Waals surface area contributed by atoms with Crippen LogP contribution in [0, 0.1) is 11.3 Å². The number of carbonyl (C=O) groups is 1. The molecule has 5 heteroatoms. The van der Waals surface area contributed by atoms with Crippen molar-refractivity contribution >= 4 is 33.7 Å². The van der Waals surface area contributed by atoms with Crippen molar-refractivity contribution in [3.05, 3.63) is 83.6 Å². The smallest absolute Gasteiger partial charge is 0.261 e. The largest absolute Gasteiger partial charge is 0.496 e. The van der Waals surface area contributed by atoms with E-state index in [2.05, 4.69) is 16.4 Å². The molecule has 0 unspecified atom stereocenters. The van der Waals surface area contributed by atoms with Crippen molar-refractivity contribution in [2.45, 2.75) is 6.42 Å². The van der Waals surface area contributed by atoms with Gasteiger partial charge in [0.2, 0.25) is 0 Å². The molecule has 1 aromatic heterocycles. The number of rotatable bonds is 6. The molecule has 0 spiro atoms. The van der Waals surface area contributed by atoms with Crippen LogP contribution in [0.5, 0.6) is 5.75 Å². The number of hydrogen-bond acceptors (Lipinski definition) is 3. The molecular formula is C25H21N3O2. The summed E-state index contributed by atoms with van der Waals surface area (Å²) in [6.07, 6.45) is 4.23. The third-order valence-corrected chi connectivity index (χ3v) is 5.16. The summed E-state index contributed by atoms with van der Waals surface area (Å²) >= 11 is 0. The van der Waals surface area contributed by atoms with Crippen molar-refractivity contribution in [3.63, 3.8) is 0 Å². The number of aromatic amines is 1. The molecule has 30 heavy (non-hydrogen) atoms. The van der Waals surface area contributed by atoms with E-state index in [9.17, 15) is 10.1 Å². The molecule has 0 atom stereocenters. The van der Waals surface area contributed by atoms with E-state index in [0.717, 1.165) is 32.8 Å². The Morgan fingerprint density at radius 1 is 1.10 bits per heavy atom. The van der Waals surface area contributed by atoms with Crippen LogP contribution in [-0.2, 0) is 11.2 Å². The number of methoxy groups -OCH3 is 1. The summed E-state index contributed by atoms with van der Waals surface area (Å²) in [7, 11) is 1.58. The SMILES string of the molecule is COc1ccc2ccccc2c1/C=C(/C#N)C(=O)NCCc1c[nH]c2ccccc12. The lowest BCUT2D eigenvalue weighted by Crippen LogP contribution is -2.26. The Morgan fingerprint density at radius 3 is 2.67 bits per heavy atom. The van der Waals surface area contributed by atoms with Crippen molar-refractivity contribution in [3.8, 4) is 11.8 Å². The second-order valence-electron chi connectivity index (χ2n) is 6.94. The molecule has 0 aliphatic heterocycles. The van der Waals surface area contributed by atoms with E-state index in [4.69, 9.17) is 4.74 Å². The molecule has 2 N–H and O–H groups in total. The maximum atomic E-state index is 12.7. The van der Waals surface area contributed by atoms with Crippen LogP contribution in [0.4, 0.5) is 0 Å². The van der Waals surface area contributed by atoms with Crippen molar-refractivity contribution in [2.75, 3.05) is 13.7 Å². The van der Waals surface area contributed by atoms with Crippen LogP contribution < -0.4 is 10.1 Å². The maximum absolute atomic E-state index is 12.7. The Balaban J connectivity index is 1.54. The molecule has 0 aliphatic carbocycles. The summed E-state index contributed by atoms with van der Waals surface area (Å²) in [6, 6.07) is 21.7. The number of benzene rings is 3. The first-order valence-electron chi connectivity index (χ1n) is 9.72. The van der Waals surface area contributed by atoms with Crippen molar-refractivity contribution < 1.29 is 9.53 Å². The van der Waals surface area contributed by atoms with E-state index in [1.807, 2.05) is 66.9 Å². The van der Waals surface area contributed by atoms with Gasteiger partial charge in [-0.15, -0.1) is 0 Å². The predicted octanol–water partition coefficient (Wildman–Crippen LogP) is 4.60. The lowest BCUT2D eigenvalue weighted by atomic mass is 10.0. The first-order valence-corrected chi connectivity index (χ1v) is 9.72. The second kappa shape index (κ2) is 8.54. The number of para-hydroxylation sites is 1. The fourth-order valence-electron chi connectivity index (χ4n) is 3.64. The van der Waals surface area contributed by atoms with E-state index >= 15 is 0 Å². The van der Waals surface area contributed by atoms with Gasteiger partial charge in [0.15, 0.2) is 0 Å². The first-order chi connectivity index (χ1) is 14.7. The third-order valence-electron chi connectivity index (χ3n) is 5.16. The molecular weight excluding hydrogens is 374 g/mol. The van der Waals surface area contributed by atoms with Crippen molar-refractivity contribution in [1.82, 2.24) is 10.3 Å². The molecule has 1 amide bonds. The first kappa shape index (κ1) is 19.3. The summed E-state index contributed by atoms with van der Waals surface area (Å²) in [4.78, 5) is 15.9. The van der Waals surface area contributed by atoms with Gasteiger partial charge in [-0.1, -0.05) is 48.5 Å². The highest BCUT2D eigenvalue weighted by atomic mass is 16.5. The minimum absolute atomic E-state index is 0.0450. The maximum Gasteiger partial charge on any atom is 0.261 e. The third kappa shape index (κ3) is 3.76. The van der Waals surface area contributed by atoms with Gasteiger partial charge in [0.25, 0.3) is 5.91 Å². The number of aromatic nitrogens is 1. The quantitative estimate of drug-likeness (QED) is 0.370. The summed E-state index contributed by atoms with van der Waals surface area (Å²) in [5.41, 5.74) is 2.96. The zero-order valence-corrected chi connectivity index (χ0v) is 16.6. The lowest BCUT2D eigenvalue weighted by molar-refractivity contribution is -0.117. The number of amides is 1. The number of carbonyl (C=O) groups excluding carboxylic acids is 1. The number of fused-ring (bicyclic) bond motifs is 2. The highest BCUT2D eigenvalue weighted by molar-refractivity contribution is 6.05. The molecule has 4 aromatic rings. The van der Waals surface area contributed by atoms with Gasteiger partial charge < -0.3 is 15.0 Å². The van der Waals surface area contributed by atoms with Crippen LogP contribution in [0.3, 0.4) is 0 Å². The standard InChI is InChI=1S/C25H21N3O2/c1-30-24-11-10-17-6-2-3-7-20(17)22(24)14-19(15-26)25(29)27-13-12-18-16-28-23-9-5-4-8-21(18)23/h2-11,14,16,28H,12-13H2,1H3,(H,27,29)/b19-14-. The Labute approximate surface area is 174 Å². The number of nitriles is 1. The Kier molecular flexibility index (Phi) is 5.49. The molecule has 148 valence electrons. The van der Waals surface area contributed by atoms with Gasteiger partial charge >= 0.3 is 0 Å². The zero-order valence-electron chi connectivity index (χ0n) is 16.6. The number of nitrogens with one attached hydrogen (secondary N) is 2. The lowest BCUT2D eigenvalue weighted by Gasteiger charge is -2.10. The van der Waals surface area contributed by atoms with Gasteiger partial charge in [-0.2, -0.15) is 5.26 Å². The van der Waals surface area contributed by atoms with E-state index in [1.54, 1.807) is 13.2 Å². The van der Waals surface area contributed by atoms with Gasteiger partial charge in [-0.3, -0.25) is 4.79 Å². The zero-order chi connectivity index (χ0) is 20.9. The molecule has 4 rings (SSSR count). The van der Waals surface area contributed by atoms with Crippen molar-refractivity contribution in [1.29, 1.82) is 5.26 Å². The Hall–Kier alpha value is -4.04. The molecule has 5 nitrogen and oxygen atoms in total. The van der Waals surface area contributed by atoms with Gasteiger partial charge in [-0.25, -0.2) is 0 Å². The van der Waals surface area contributed by atoms with Crippen molar-refractivity contribution in [2.24, 2.45) is 0 Å². The summed E-state index contributed by atoms with van der Waals surface area (Å²) in [5.74, 6) is 0.223. The topological polar surface area (TPSA) is 77.9 Å². The van der Waals surface area contributed by atoms with Crippen LogP contribution in [0.25, 0.3) is 27.8 Å². The van der Waals surface area contributed by atoms with E-state index < -0.39 is 5.91 Å². The van der Waals surface area contributed by atoms with Crippen LogP contribution in [0.2, 0.25) is 0 Å². The molecule has 1 heterocycles. The normalized spacial score (nSPS) is 11.4. The Morgan fingerprint density at radius 2 is 1.87 bits per heavy atom. The monoisotopic (exact) mass is 395 g/mol. The number of nitrogens with zero attached hydrogens (tertiary/aromatic N) is 1. The molecule has 0 bridgehead atoms.